The Morgan fingerprint density at radius 2 is 1.64 bits per heavy atom. The maximum absolute atomic E-state index is 5.39. The molecule has 4 rings (SSSR count). The molecule has 0 N–H and O–H groups in total. The number of hydrogen-bond donors (Lipinski definition) is 0. The van der Waals surface area contributed by atoms with Crippen LogP contribution in [0.4, 0.5) is 0 Å². The van der Waals surface area contributed by atoms with Crippen molar-refractivity contribution >= 4 is 5.71 Å². The second kappa shape index (κ2) is 13.3. The van der Waals surface area contributed by atoms with E-state index in [1.165, 1.54) is 62.5 Å². The molecule has 1 saturated heterocycles. The van der Waals surface area contributed by atoms with E-state index in [0.29, 0.717) is 12.0 Å². The summed E-state index contributed by atoms with van der Waals surface area (Å²) in [5.74, 6) is 3.38. The SMILES string of the molecule is COC[C@@H]1CCCN1/N=C(\[C]1[CH][CH][CH][C]1C)C1CCCCC1.[CH]1[CH][CH][CH][CH]1.[Fe+2]. The standard InChI is InChI=1S/C19H29N2O.C5H5.Fe/c1-15-8-6-12-18(15)19(16-9-4-3-5-10-16)20-21-13-7-11-17(21)14-22-2;1-2-4-5-3-1;/h6,8,12,16-17H,3-5,7,9-11,13-14H2,1-2H3;1-5H;/q;;+2/b20-19-;;/t17-;;/m0../s1. The van der Waals surface area contributed by atoms with Crippen LogP contribution in [0.25, 0.3) is 0 Å². The maximum atomic E-state index is 5.39. The van der Waals surface area contributed by atoms with Crippen LogP contribution < -0.4 is 0 Å². The summed E-state index contributed by atoms with van der Waals surface area (Å²) >= 11 is 0. The smallest absolute Gasteiger partial charge is 0.382 e. The van der Waals surface area contributed by atoms with E-state index in [-0.39, 0.29) is 17.1 Å². The summed E-state index contributed by atoms with van der Waals surface area (Å²) in [5.41, 5.74) is 1.34. The normalized spacial score (nSPS) is 27.6. The number of nitrogens with zero attached hydrogens (tertiary/aromatic N) is 2. The third-order valence-electron chi connectivity index (χ3n) is 5.80. The van der Waals surface area contributed by atoms with Crippen LogP contribution in [0.15, 0.2) is 5.10 Å². The van der Waals surface area contributed by atoms with Crippen LogP contribution in [-0.4, -0.2) is 37.0 Å². The Bertz CT molecular complexity index is 438. The van der Waals surface area contributed by atoms with Crippen molar-refractivity contribution in [1.29, 1.82) is 0 Å². The second-order valence-electron chi connectivity index (χ2n) is 7.82. The molecule has 10 radical (unpaired) electrons. The third kappa shape index (κ3) is 7.03. The van der Waals surface area contributed by atoms with Gasteiger partial charge in [0.15, 0.2) is 0 Å². The molecular formula is C24H34FeN2O+2. The van der Waals surface area contributed by atoms with Crippen molar-refractivity contribution in [3.8, 4) is 0 Å². The number of hydrazone groups is 1. The van der Waals surface area contributed by atoms with Crippen molar-refractivity contribution < 1.29 is 21.8 Å². The molecule has 1 heterocycles. The van der Waals surface area contributed by atoms with E-state index < -0.39 is 0 Å². The monoisotopic (exact) mass is 422 g/mol. The Labute approximate surface area is 184 Å². The van der Waals surface area contributed by atoms with Crippen LogP contribution in [0, 0.1) is 69.1 Å². The van der Waals surface area contributed by atoms with E-state index in [4.69, 9.17) is 9.84 Å². The average molecular weight is 422 g/mol. The van der Waals surface area contributed by atoms with Crippen LogP contribution in [0.5, 0.6) is 0 Å². The Balaban J connectivity index is 0.000000408. The minimum absolute atomic E-state index is 0. The first kappa shape index (κ1) is 24.2. The first-order chi connectivity index (χ1) is 13.3. The van der Waals surface area contributed by atoms with E-state index >= 15 is 0 Å². The number of hydrogen-bond acceptors (Lipinski definition) is 3. The van der Waals surface area contributed by atoms with Gasteiger partial charge in [0.2, 0.25) is 0 Å². The van der Waals surface area contributed by atoms with Gasteiger partial charge >= 0.3 is 17.1 Å². The van der Waals surface area contributed by atoms with Crippen LogP contribution in [-0.2, 0) is 21.8 Å². The third-order valence-corrected chi connectivity index (χ3v) is 5.80. The van der Waals surface area contributed by atoms with Gasteiger partial charge < -0.3 is 4.74 Å². The molecule has 0 unspecified atom stereocenters. The summed E-state index contributed by atoms with van der Waals surface area (Å²) in [6, 6.07) is 0.457. The molecule has 0 amide bonds. The Morgan fingerprint density at radius 3 is 2.21 bits per heavy atom. The predicted molar refractivity (Wildman–Crippen MR) is 112 cm³/mol. The molecule has 0 spiro atoms. The molecule has 0 bridgehead atoms. The van der Waals surface area contributed by atoms with Crippen molar-refractivity contribution in [3.05, 3.63) is 63.2 Å². The van der Waals surface area contributed by atoms with Gasteiger partial charge in [-0.1, -0.05) is 26.2 Å². The molecule has 3 aliphatic carbocycles. The van der Waals surface area contributed by atoms with Crippen LogP contribution in [0.3, 0.4) is 0 Å². The van der Waals surface area contributed by atoms with Gasteiger partial charge in [0.05, 0.1) is 12.6 Å². The van der Waals surface area contributed by atoms with Gasteiger partial charge in [-0.05, 0) is 88.9 Å². The molecule has 4 fully saturated rings. The molecule has 3 saturated carbocycles. The van der Waals surface area contributed by atoms with Crippen LogP contribution in [0.2, 0.25) is 0 Å². The molecule has 152 valence electrons. The Kier molecular flexibility index (Phi) is 11.5. The van der Waals surface area contributed by atoms with Crippen molar-refractivity contribution in [3.63, 3.8) is 0 Å². The zero-order valence-corrected chi connectivity index (χ0v) is 18.4. The molecule has 1 atom stereocenters. The van der Waals surface area contributed by atoms with Crippen molar-refractivity contribution in [2.75, 3.05) is 20.3 Å². The number of methoxy groups -OCH3 is 1. The second-order valence-corrected chi connectivity index (χ2v) is 7.82. The summed E-state index contributed by atoms with van der Waals surface area (Å²) < 4.78 is 5.39. The summed E-state index contributed by atoms with van der Waals surface area (Å²) in [6.07, 6.45) is 25.8. The van der Waals surface area contributed by atoms with Gasteiger partial charge in [0, 0.05) is 25.3 Å². The number of rotatable bonds is 5. The predicted octanol–water partition coefficient (Wildman–Crippen LogP) is 4.85. The summed E-state index contributed by atoms with van der Waals surface area (Å²) in [6.45, 7) is 4.08. The fourth-order valence-corrected chi connectivity index (χ4v) is 4.30. The van der Waals surface area contributed by atoms with Crippen LogP contribution >= 0.6 is 0 Å². The largest absolute Gasteiger partial charge is 2.00 e. The summed E-state index contributed by atoms with van der Waals surface area (Å²) in [7, 11) is 1.80. The van der Waals surface area contributed by atoms with Crippen molar-refractivity contribution in [1.82, 2.24) is 5.01 Å². The molecule has 4 heteroatoms. The quantitative estimate of drug-likeness (QED) is 0.468. The summed E-state index contributed by atoms with van der Waals surface area (Å²) in [4.78, 5) is 0. The molecule has 0 aromatic carbocycles. The van der Waals surface area contributed by atoms with Gasteiger partial charge in [-0.15, -0.1) is 0 Å². The van der Waals surface area contributed by atoms with E-state index in [1.54, 1.807) is 7.11 Å². The molecular weight excluding hydrogens is 388 g/mol. The average Bonchev–Trinajstić information content (AvgIpc) is 3.46. The fraction of sp³-hybridized carbons (Fsp3) is 0.542. The van der Waals surface area contributed by atoms with E-state index in [0.717, 1.165) is 13.2 Å². The molecule has 1 aliphatic heterocycles. The first-order valence-electron chi connectivity index (χ1n) is 10.5. The number of ether oxygens (including phenoxy) is 1. The van der Waals surface area contributed by atoms with Gasteiger partial charge in [-0.3, -0.25) is 5.01 Å². The summed E-state index contributed by atoms with van der Waals surface area (Å²) in [5, 5.41) is 7.48. The van der Waals surface area contributed by atoms with Gasteiger partial charge in [-0.2, -0.15) is 5.10 Å². The Hall–Kier alpha value is -0.0505. The molecule has 28 heavy (non-hydrogen) atoms. The first-order valence-corrected chi connectivity index (χ1v) is 10.5. The molecule has 0 aromatic rings. The van der Waals surface area contributed by atoms with Crippen LogP contribution in [0.1, 0.15) is 51.9 Å². The minimum atomic E-state index is 0. The fourth-order valence-electron chi connectivity index (χ4n) is 4.30. The molecule has 4 aliphatic rings. The minimum Gasteiger partial charge on any atom is -0.382 e. The zero-order valence-electron chi connectivity index (χ0n) is 17.3. The maximum Gasteiger partial charge on any atom is 2.00 e. The van der Waals surface area contributed by atoms with Gasteiger partial charge in [0.25, 0.3) is 0 Å². The molecule has 3 nitrogen and oxygen atoms in total. The zero-order chi connectivity index (χ0) is 18.9. The van der Waals surface area contributed by atoms with E-state index in [2.05, 4.69) is 31.2 Å². The van der Waals surface area contributed by atoms with Gasteiger partial charge in [0.1, 0.15) is 0 Å². The topological polar surface area (TPSA) is 24.8 Å². The van der Waals surface area contributed by atoms with E-state index in [1.807, 2.05) is 32.1 Å². The van der Waals surface area contributed by atoms with Crippen molar-refractivity contribution in [2.45, 2.75) is 57.9 Å². The van der Waals surface area contributed by atoms with Crippen molar-refractivity contribution in [2.24, 2.45) is 11.0 Å². The van der Waals surface area contributed by atoms with Gasteiger partial charge in [-0.25, -0.2) is 0 Å². The van der Waals surface area contributed by atoms with E-state index in [9.17, 15) is 0 Å². The molecule has 0 aromatic heterocycles. The Morgan fingerprint density at radius 1 is 0.964 bits per heavy atom.